The summed E-state index contributed by atoms with van der Waals surface area (Å²) >= 11 is 0. The minimum Gasteiger partial charge on any atom is -0.491 e. The molecule has 0 amide bonds. The Kier molecular flexibility index (Phi) is 4.62. The molecule has 0 aliphatic carbocycles. The van der Waals surface area contributed by atoms with Crippen LogP contribution in [0.25, 0.3) is 21.9 Å². The van der Waals surface area contributed by atoms with E-state index in [4.69, 9.17) is 20.9 Å². The summed E-state index contributed by atoms with van der Waals surface area (Å²) in [5.74, 6) is 1.32. The molecule has 31 heavy (non-hydrogen) atoms. The number of rotatable bonds is 4. The number of nitrogens with zero attached hydrogens (tertiary/aromatic N) is 4. The maximum atomic E-state index is 10.6. The molecule has 4 heterocycles. The largest absolute Gasteiger partial charge is 0.491 e. The van der Waals surface area contributed by atoms with E-state index >= 15 is 0 Å². The fourth-order valence-electron chi connectivity index (χ4n) is 3.97. The van der Waals surface area contributed by atoms with Gasteiger partial charge in [-0.25, -0.2) is 15.0 Å². The summed E-state index contributed by atoms with van der Waals surface area (Å²) in [5.41, 5.74) is 13.8. The first-order valence-electron chi connectivity index (χ1n) is 9.80. The molecular formula is C21H22N6O4. The molecule has 0 spiro atoms. The Labute approximate surface area is 177 Å². The second kappa shape index (κ2) is 7.34. The molecule has 1 aliphatic heterocycles. The number of fused-ring (bicyclic) bond motifs is 2. The highest BCUT2D eigenvalue weighted by Gasteiger charge is 2.44. The molecule has 0 bridgehead atoms. The van der Waals surface area contributed by atoms with E-state index in [1.54, 1.807) is 29.0 Å². The lowest BCUT2D eigenvalue weighted by Gasteiger charge is -2.17. The highest BCUT2D eigenvalue weighted by molar-refractivity contribution is 5.89. The molecule has 10 nitrogen and oxygen atoms in total. The normalized spacial score (nSPS) is 23.6. The van der Waals surface area contributed by atoms with Gasteiger partial charge in [0.15, 0.2) is 6.23 Å². The second-order valence-corrected chi connectivity index (χ2v) is 7.62. The van der Waals surface area contributed by atoms with E-state index in [-0.39, 0.29) is 6.61 Å². The Bertz CT molecular complexity index is 1280. The van der Waals surface area contributed by atoms with Gasteiger partial charge in [0.2, 0.25) is 0 Å². The van der Waals surface area contributed by atoms with Crippen molar-refractivity contribution in [3.63, 3.8) is 0 Å². The third-order valence-corrected chi connectivity index (χ3v) is 5.54. The van der Waals surface area contributed by atoms with Gasteiger partial charge in [0.05, 0.1) is 10.9 Å². The summed E-state index contributed by atoms with van der Waals surface area (Å²) in [6, 6.07) is 9.06. The van der Waals surface area contributed by atoms with Crippen LogP contribution < -0.4 is 16.2 Å². The van der Waals surface area contributed by atoms with Crippen LogP contribution in [0.2, 0.25) is 0 Å². The van der Waals surface area contributed by atoms with Gasteiger partial charge in [0, 0.05) is 17.6 Å². The molecule has 1 fully saturated rings. The second-order valence-electron chi connectivity index (χ2n) is 7.62. The Balaban J connectivity index is 1.36. The molecule has 160 valence electrons. The summed E-state index contributed by atoms with van der Waals surface area (Å²) in [7, 11) is 0. The molecular weight excluding hydrogens is 400 g/mol. The zero-order valence-electron chi connectivity index (χ0n) is 16.7. The summed E-state index contributed by atoms with van der Waals surface area (Å²) in [6.07, 6.45) is -0.770. The molecule has 10 heteroatoms. The van der Waals surface area contributed by atoms with Crippen LogP contribution in [0.15, 0.2) is 42.9 Å². The van der Waals surface area contributed by atoms with Gasteiger partial charge in [0.1, 0.15) is 54.3 Å². The van der Waals surface area contributed by atoms with Gasteiger partial charge < -0.3 is 35.7 Å². The molecule has 0 radical (unpaired) electrons. The van der Waals surface area contributed by atoms with Crippen LogP contribution in [0.3, 0.4) is 0 Å². The Hall–Kier alpha value is -3.47. The Morgan fingerprint density at radius 3 is 2.77 bits per heavy atom. The zero-order chi connectivity index (χ0) is 21.7. The molecule has 1 aliphatic rings. The van der Waals surface area contributed by atoms with Crippen LogP contribution in [-0.2, 0) is 4.74 Å². The van der Waals surface area contributed by atoms with Crippen LogP contribution in [0.4, 0.5) is 11.6 Å². The Morgan fingerprint density at radius 1 is 1.13 bits per heavy atom. The summed E-state index contributed by atoms with van der Waals surface area (Å²) in [4.78, 5) is 12.6. The maximum absolute atomic E-state index is 10.6. The number of nitrogens with two attached hydrogens (primary N) is 2. The number of pyridine rings is 1. The van der Waals surface area contributed by atoms with E-state index in [9.17, 15) is 10.2 Å². The molecule has 0 saturated carbocycles. The third-order valence-electron chi connectivity index (χ3n) is 5.54. The molecule has 3 aromatic heterocycles. The molecule has 1 saturated heterocycles. The van der Waals surface area contributed by atoms with Crippen molar-refractivity contribution in [1.82, 2.24) is 19.5 Å². The molecule has 1 aromatic carbocycles. The van der Waals surface area contributed by atoms with Gasteiger partial charge in [-0.2, -0.15) is 0 Å². The van der Waals surface area contributed by atoms with Crippen LogP contribution in [0, 0.1) is 6.92 Å². The number of aliphatic hydroxyl groups is 2. The lowest BCUT2D eigenvalue weighted by molar-refractivity contribution is -0.0472. The molecule has 4 atom stereocenters. The first-order valence-corrected chi connectivity index (χ1v) is 9.80. The number of aryl methyl sites for hydroxylation is 1. The zero-order valence-corrected chi connectivity index (χ0v) is 16.7. The smallest absolute Gasteiger partial charge is 0.164 e. The highest BCUT2D eigenvalue weighted by Crippen LogP contribution is 2.34. The average molecular weight is 422 g/mol. The van der Waals surface area contributed by atoms with Crippen molar-refractivity contribution < 1.29 is 19.7 Å². The first kappa shape index (κ1) is 19.5. The van der Waals surface area contributed by atoms with Gasteiger partial charge >= 0.3 is 0 Å². The van der Waals surface area contributed by atoms with E-state index in [0.29, 0.717) is 33.9 Å². The lowest BCUT2D eigenvalue weighted by Crippen LogP contribution is -2.34. The quantitative estimate of drug-likeness (QED) is 0.379. The van der Waals surface area contributed by atoms with Crippen molar-refractivity contribution in [2.75, 3.05) is 18.1 Å². The van der Waals surface area contributed by atoms with Gasteiger partial charge in [-0.3, -0.25) is 0 Å². The fourth-order valence-corrected chi connectivity index (χ4v) is 3.97. The average Bonchev–Trinajstić information content (AvgIpc) is 3.23. The number of nitrogen functional groups attached to an aromatic ring is 2. The number of aromatic nitrogens is 4. The van der Waals surface area contributed by atoms with Crippen molar-refractivity contribution >= 4 is 33.6 Å². The predicted molar refractivity (Wildman–Crippen MR) is 114 cm³/mol. The first-order chi connectivity index (χ1) is 14.9. The van der Waals surface area contributed by atoms with E-state index in [1.807, 2.05) is 19.1 Å². The van der Waals surface area contributed by atoms with Gasteiger partial charge in [-0.05, 0) is 36.8 Å². The molecule has 0 unspecified atom stereocenters. The van der Waals surface area contributed by atoms with Crippen molar-refractivity contribution in [1.29, 1.82) is 0 Å². The number of ether oxygens (including phenoxy) is 2. The minimum atomic E-state index is -1.17. The van der Waals surface area contributed by atoms with E-state index in [2.05, 4.69) is 15.0 Å². The van der Waals surface area contributed by atoms with Crippen molar-refractivity contribution in [3.05, 3.63) is 48.4 Å². The van der Waals surface area contributed by atoms with Crippen LogP contribution in [0.1, 0.15) is 11.8 Å². The summed E-state index contributed by atoms with van der Waals surface area (Å²) < 4.78 is 13.4. The predicted octanol–water partition coefficient (Wildman–Crippen LogP) is 1.15. The standard InChI is InChI=1S/C21H22N6O4/c1-10-7-27(20-16(10)19(23)24-9-25-20)21-18(29)17(28)14(31-21)8-30-12-4-2-11-3-5-15(22)26-13(11)6-12/h2-7,9,14,17-18,21,28-29H,8H2,1H3,(H2,22,26)(H2,23,24,25)/t14-,17-,18-,21-/m1/s1. The van der Waals surface area contributed by atoms with Gasteiger partial charge in [-0.1, -0.05) is 0 Å². The topological polar surface area (TPSA) is 155 Å². The minimum absolute atomic E-state index is 0.0395. The van der Waals surface area contributed by atoms with Gasteiger partial charge in [0.25, 0.3) is 0 Å². The van der Waals surface area contributed by atoms with Crippen LogP contribution in [0.5, 0.6) is 5.75 Å². The SMILES string of the molecule is Cc1cn([C@@H]2O[C@H](COc3ccc4ccc(N)nc4c3)[C@@H](O)[C@H]2O)c2ncnc(N)c12. The number of aliphatic hydroxyl groups excluding tert-OH is 2. The monoisotopic (exact) mass is 422 g/mol. The summed E-state index contributed by atoms with van der Waals surface area (Å²) in [6.45, 7) is 1.91. The highest BCUT2D eigenvalue weighted by atomic mass is 16.6. The molecule has 5 rings (SSSR count). The lowest BCUT2D eigenvalue weighted by atomic mass is 10.1. The van der Waals surface area contributed by atoms with Gasteiger partial charge in [-0.15, -0.1) is 0 Å². The number of hydrogen-bond acceptors (Lipinski definition) is 9. The number of anilines is 2. The van der Waals surface area contributed by atoms with Crippen molar-refractivity contribution in [2.24, 2.45) is 0 Å². The number of hydrogen-bond donors (Lipinski definition) is 4. The van der Waals surface area contributed by atoms with E-state index in [0.717, 1.165) is 10.9 Å². The maximum Gasteiger partial charge on any atom is 0.164 e. The molecule has 6 N–H and O–H groups in total. The van der Waals surface area contributed by atoms with E-state index in [1.165, 1.54) is 6.33 Å². The number of benzene rings is 1. The Morgan fingerprint density at radius 2 is 1.94 bits per heavy atom. The van der Waals surface area contributed by atoms with Crippen molar-refractivity contribution in [2.45, 2.75) is 31.5 Å². The van der Waals surface area contributed by atoms with Crippen molar-refractivity contribution in [3.8, 4) is 5.75 Å². The molecule has 4 aromatic rings. The van der Waals surface area contributed by atoms with E-state index < -0.39 is 24.5 Å². The fraction of sp³-hybridized carbons (Fsp3) is 0.286. The van der Waals surface area contributed by atoms with Crippen LogP contribution in [-0.4, -0.2) is 54.7 Å². The summed E-state index contributed by atoms with van der Waals surface area (Å²) in [5, 5.41) is 22.8. The third kappa shape index (κ3) is 3.30. The van der Waals surface area contributed by atoms with Crippen LogP contribution >= 0.6 is 0 Å².